The van der Waals surface area contributed by atoms with Gasteiger partial charge >= 0.3 is 6.03 Å². The standard InChI is InChI=1S/C17H25Cl2N3O3S/c1-2-9-26(24,25)21-16-4-7-22(8-5-16)17(23)20-6-3-13-10-14(18)12-15(19)11-13/h10-12,16,21H,2-9H2,1H3,(H,20,23). The zero-order valence-electron chi connectivity index (χ0n) is 14.8. The molecule has 2 rings (SSSR count). The van der Waals surface area contributed by atoms with E-state index in [-0.39, 0.29) is 17.8 Å². The molecule has 1 aliphatic rings. The van der Waals surface area contributed by atoms with Crippen LogP contribution in [0.25, 0.3) is 0 Å². The molecule has 1 aromatic carbocycles. The molecule has 6 nitrogen and oxygen atoms in total. The van der Waals surface area contributed by atoms with Gasteiger partial charge < -0.3 is 10.2 Å². The SMILES string of the molecule is CCCS(=O)(=O)NC1CCN(C(=O)NCCc2cc(Cl)cc(Cl)c2)CC1. The van der Waals surface area contributed by atoms with Crippen LogP contribution in [0, 0.1) is 0 Å². The maximum atomic E-state index is 12.2. The first-order chi connectivity index (χ1) is 12.3. The van der Waals surface area contributed by atoms with Crippen LogP contribution < -0.4 is 10.0 Å². The number of sulfonamides is 1. The summed E-state index contributed by atoms with van der Waals surface area (Å²) in [6.07, 6.45) is 2.48. The predicted molar refractivity (Wildman–Crippen MR) is 105 cm³/mol. The second-order valence-corrected chi connectivity index (χ2v) is 9.20. The number of benzene rings is 1. The van der Waals surface area contributed by atoms with E-state index in [0.29, 0.717) is 55.4 Å². The quantitative estimate of drug-likeness (QED) is 0.709. The summed E-state index contributed by atoms with van der Waals surface area (Å²) in [6.45, 7) is 3.39. The lowest BCUT2D eigenvalue weighted by atomic mass is 10.1. The molecule has 26 heavy (non-hydrogen) atoms. The summed E-state index contributed by atoms with van der Waals surface area (Å²) in [4.78, 5) is 14.0. The van der Waals surface area contributed by atoms with Crippen molar-refractivity contribution in [3.63, 3.8) is 0 Å². The highest BCUT2D eigenvalue weighted by molar-refractivity contribution is 7.89. The third-order valence-electron chi connectivity index (χ3n) is 4.21. The van der Waals surface area contributed by atoms with Crippen molar-refractivity contribution >= 4 is 39.3 Å². The zero-order chi connectivity index (χ0) is 19.2. The first-order valence-corrected chi connectivity index (χ1v) is 11.2. The number of hydrogen-bond donors (Lipinski definition) is 2. The Balaban J connectivity index is 1.73. The highest BCUT2D eigenvalue weighted by Gasteiger charge is 2.25. The van der Waals surface area contributed by atoms with Gasteiger partial charge in [0.25, 0.3) is 0 Å². The largest absolute Gasteiger partial charge is 0.338 e. The Labute approximate surface area is 165 Å². The molecule has 146 valence electrons. The summed E-state index contributed by atoms with van der Waals surface area (Å²) in [5, 5.41) is 4.04. The van der Waals surface area contributed by atoms with Crippen LogP contribution in [0.3, 0.4) is 0 Å². The monoisotopic (exact) mass is 421 g/mol. The van der Waals surface area contributed by atoms with Crippen LogP contribution in [0.15, 0.2) is 18.2 Å². The topological polar surface area (TPSA) is 78.5 Å². The van der Waals surface area contributed by atoms with Gasteiger partial charge in [0.2, 0.25) is 10.0 Å². The van der Waals surface area contributed by atoms with Crippen LogP contribution in [-0.4, -0.2) is 50.8 Å². The number of nitrogens with one attached hydrogen (secondary N) is 2. The van der Waals surface area contributed by atoms with Gasteiger partial charge in [-0.1, -0.05) is 30.1 Å². The van der Waals surface area contributed by atoms with Gasteiger partial charge in [-0.25, -0.2) is 17.9 Å². The van der Waals surface area contributed by atoms with Crippen molar-refractivity contribution in [1.82, 2.24) is 14.9 Å². The molecule has 2 N–H and O–H groups in total. The minimum Gasteiger partial charge on any atom is -0.338 e. The molecule has 1 aliphatic heterocycles. The van der Waals surface area contributed by atoms with E-state index in [2.05, 4.69) is 10.0 Å². The third kappa shape index (κ3) is 6.95. The lowest BCUT2D eigenvalue weighted by Gasteiger charge is -2.32. The number of urea groups is 1. The number of carbonyl (C=O) groups is 1. The highest BCUT2D eigenvalue weighted by atomic mass is 35.5. The van der Waals surface area contributed by atoms with E-state index in [4.69, 9.17) is 23.2 Å². The van der Waals surface area contributed by atoms with Crippen molar-refractivity contribution in [1.29, 1.82) is 0 Å². The van der Waals surface area contributed by atoms with E-state index < -0.39 is 10.0 Å². The fourth-order valence-corrected chi connectivity index (χ4v) is 4.93. The van der Waals surface area contributed by atoms with E-state index >= 15 is 0 Å². The van der Waals surface area contributed by atoms with Crippen molar-refractivity contribution in [2.45, 2.75) is 38.6 Å². The number of nitrogens with zero attached hydrogens (tertiary/aromatic N) is 1. The maximum absolute atomic E-state index is 12.2. The van der Waals surface area contributed by atoms with Crippen molar-refractivity contribution in [3.8, 4) is 0 Å². The summed E-state index contributed by atoms with van der Waals surface area (Å²) >= 11 is 11.9. The van der Waals surface area contributed by atoms with Crippen molar-refractivity contribution < 1.29 is 13.2 Å². The summed E-state index contributed by atoms with van der Waals surface area (Å²) < 4.78 is 26.4. The summed E-state index contributed by atoms with van der Waals surface area (Å²) in [7, 11) is -3.21. The van der Waals surface area contributed by atoms with Crippen LogP contribution in [-0.2, 0) is 16.4 Å². The van der Waals surface area contributed by atoms with Crippen molar-refractivity contribution in [3.05, 3.63) is 33.8 Å². The zero-order valence-corrected chi connectivity index (χ0v) is 17.1. The smallest absolute Gasteiger partial charge is 0.317 e. The van der Waals surface area contributed by atoms with E-state index in [0.717, 1.165) is 5.56 Å². The van der Waals surface area contributed by atoms with Gasteiger partial charge in [-0.05, 0) is 49.4 Å². The van der Waals surface area contributed by atoms with Gasteiger partial charge in [0, 0.05) is 35.7 Å². The van der Waals surface area contributed by atoms with Crippen molar-refractivity contribution in [2.24, 2.45) is 0 Å². The molecule has 0 aliphatic carbocycles. The lowest BCUT2D eigenvalue weighted by Crippen LogP contribution is -2.49. The molecule has 9 heteroatoms. The van der Waals surface area contributed by atoms with E-state index in [1.165, 1.54) is 0 Å². The Hall–Kier alpha value is -1.02. The number of rotatable bonds is 7. The Morgan fingerprint density at radius 2 is 1.81 bits per heavy atom. The molecule has 1 fully saturated rings. The molecule has 2 amide bonds. The first-order valence-electron chi connectivity index (χ1n) is 8.77. The fraction of sp³-hybridized carbons (Fsp3) is 0.588. The first kappa shape index (κ1) is 21.3. The minimum atomic E-state index is -3.21. The summed E-state index contributed by atoms with van der Waals surface area (Å²) in [5.74, 6) is 0.140. The molecule has 0 spiro atoms. The molecule has 0 bridgehead atoms. The average molecular weight is 422 g/mol. The predicted octanol–water partition coefficient (Wildman–Crippen LogP) is 3.04. The number of likely N-dealkylation sites (tertiary alicyclic amines) is 1. The van der Waals surface area contributed by atoms with Gasteiger partial charge in [0.1, 0.15) is 0 Å². The molecule has 0 atom stereocenters. The summed E-state index contributed by atoms with van der Waals surface area (Å²) in [6, 6.07) is 5.10. The van der Waals surface area contributed by atoms with Crippen molar-refractivity contribution in [2.75, 3.05) is 25.4 Å². The summed E-state index contributed by atoms with van der Waals surface area (Å²) in [5.41, 5.74) is 0.965. The minimum absolute atomic E-state index is 0.0933. The van der Waals surface area contributed by atoms with Crippen LogP contribution >= 0.6 is 23.2 Å². The molecule has 0 radical (unpaired) electrons. The van der Waals surface area contributed by atoms with Crippen LogP contribution in [0.5, 0.6) is 0 Å². The molecular weight excluding hydrogens is 397 g/mol. The second kappa shape index (κ2) is 9.78. The van der Waals surface area contributed by atoms with Gasteiger partial charge in [0.15, 0.2) is 0 Å². The van der Waals surface area contributed by atoms with Gasteiger partial charge in [-0.2, -0.15) is 0 Å². The molecule has 1 aromatic rings. The average Bonchev–Trinajstić information content (AvgIpc) is 2.54. The molecule has 1 saturated heterocycles. The van der Waals surface area contributed by atoms with Crippen LogP contribution in [0.2, 0.25) is 10.0 Å². The van der Waals surface area contributed by atoms with Gasteiger partial charge in [-0.15, -0.1) is 0 Å². The molecular formula is C17H25Cl2N3O3S. The van der Waals surface area contributed by atoms with E-state index in [1.807, 2.05) is 19.1 Å². The number of piperidine rings is 1. The maximum Gasteiger partial charge on any atom is 0.317 e. The van der Waals surface area contributed by atoms with Crippen LogP contribution in [0.4, 0.5) is 4.79 Å². The number of amides is 2. The normalized spacial score (nSPS) is 15.9. The number of carbonyl (C=O) groups excluding carboxylic acids is 1. The Morgan fingerprint density at radius 1 is 1.19 bits per heavy atom. The Kier molecular flexibility index (Phi) is 8.01. The second-order valence-electron chi connectivity index (χ2n) is 6.46. The van der Waals surface area contributed by atoms with Gasteiger partial charge in [-0.3, -0.25) is 0 Å². The van der Waals surface area contributed by atoms with E-state index in [9.17, 15) is 13.2 Å². The molecule has 0 unspecified atom stereocenters. The molecule has 1 heterocycles. The van der Waals surface area contributed by atoms with Gasteiger partial charge in [0.05, 0.1) is 5.75 Å². The molecule has 0 aromatic heterocycles. The number of halogens is 2. The van der Waals surface area contributed by atoms with E-state index in [1.54, 1.807) is 11.0 Å². The fourth-order valence-electron chi connectivity index (χ4n) is 2.96. The number of hydrogen-bond acceptors (Lipinski definition) is 3. The highest BCUT2D eigenvalue weighted by Crippen LogP contribution is 2.19. The lowest BCUT2D eigenvalue weighted by molar-refractivity contribution is 0.180. The van der Waals surface area contributed by atoms with Crippen LogP contribution in [0.1, 0.15) is 31.7 Å². The third-order valence-corrected chi connectivity index (χ3v) is 6.29. The Bertz CT molecular complexity index is 700. The molecule has 0 saturated carbocycles. The Morgan fingerprint density at radius 3 is 2.38 bits per heavy atom.